The Hall–Kier alpha value is -0.610. The molecule has 0 spiro atoms. The lowest BCUT2D eigenvalue weighted by atomic mass is 9.42. The van der Waals surface area contributed by atoms with E-state index in [1.807, 2.05) is 0 Å². The van der Waals surface area contributed by atoms with Crippen LogP contribution >= 0.6 is 0 Å². The molecule has 4 fully saturated rings. The summed E-state index contributed by atoms with van der Waals surface area (Å²) in [4.78, 5) is 11.6. The van der Waals surface area contributed by atoms with Crippen LogP contribution in [0.25, 0.3) is 0 Å². The van der Waals surface area contributed by atoms with Crippen molar-refractivity contribution in [2.24, 2.45) is 46.3 Å². The summed E-state index contributed by atoms with van der Waals surface area (Å²) in [5, 5.41) is 12.2. The van der Waals surface area contributed by atoms with Gasteiger partial charge in [0.25, 0.3) is 0 Å². The third-order valence-corrected chi connectivity index (χ3v) is 11.6. The third kappa shape index (κ3) is 4.27. The van der Waals surface area contributed by atoms with Gasteiger partial charge in [0, 0.05) is 25.9 Å². The summed E-state index contributed by atoms with van der Waals surface area (Å²) in [6, 6.07) is 0. The van der Waals surface area contributed by atoms with Gasteiger partial charge >= 0.3 is 5.97 Å². The van der Waals surface area contributed by atoms with Crippen LogP contribution in [-0.4, -0.2) is 36.0 Å². The minimum Gasteiger partial charge on any atom is -0.462 e. The number of esters is 1. The largest absolute Gasteiger partial charge is 0.462 e. The molecule has 196 valence electrons. The monoisotopic (exact) mass is 476 g/mol. The van der Waals surface area contributed by atoms with Crippen molar-refractivity contribution in [3.8, 4) is 0 Å². The maximum absolute atomic E-state index is 12.2. The number of carbonyl (C=O) groups is 1. The molecule has 0 unspecified atom stereocenters. The van der Waals surface area contributed by atoms with Crippen LogP contribution in [0, 0.1) is 46.3 Å². The highest BCUT2D eigenvalue weighted by Gasteiger charge is 2.68. The molecule has 4 aliphatic rings. The minimum atomic E-state index is -0.919. The molecule has 4 aliphatic carbocycles. The van der Waals surface area contributed by atoms with Crippen LogP contribution in [0.2, 0.25) is 0 Å². The topological polar surface area (TPSA) is 55.8 Å². The van der Waals surface area contributed by atoms with Crippen LogP contribution < -0.4 is 0 Å². The Labute approximate surface area is 208 Å². The molecule has 0 aromatic rings. The summed E-state index contributed by atoms with van der Waals surface area (Å²) in [5.74, 6) is 4.11. The smallest absolute Gasteiger partial charge is 0.302 e. The number of methoxy groups -OCH3 is 1. The first-order valence-electron chi connectivity index (χ1n) is 14.4. The predicted molar refractivity (Wildman–Crippen MR) is 136 cm³/mol. The van der Waals surface area contributed by atoms with Crippen LogP contribution in [0.3, 0.4) is 0 Å². The highest BCUT2D eigenvalue weighted by atomic mass is 16.5. The summed E-state index contributed by atoms with van der Waals surface area (Å²) in [5.41, 5.74) is -0.663. The molecule has 0 heterocycles. The van der Waals surface area contributed by atoms with Crippen molar-refractivity contribution in [3.05, 3.63) is 0 Å². The predicted octanol–water partition coefficient (Wildman–Crippen LogP) is 6.78. The van der Waals surface area contributed by atoms with Crippen molar-refractivity contribution in [1.29, 1.82) is 0 Å². The molecule has 0 aromatic carbocycles. The van der Waals surface area contributed by atoms with E-state index in [9.17, 15) is 9.90 Å². The number of hydrogen-bond donors (Lipinski definition) is 1. The maximum atomic E-state index is 12.2. The quantitative estimate of drug-likeness (QED) is 0.412. The van der Waals surface area contributed by atoms with Gasteiger partial charge in [0.2, 0.25) is 0 Å². The number of ether oxygens (including phenoxy) is 2. The molecule has 4 heteroatoms. The van der Waals surface area contributed by atoms with Crippen molar-refractivity contribution in [2.45, 2.75) is 130 Å². The van der Waals surface area contributed by atoms with Crippen molar-refractivity contribution >= 4 is 5.97 Å². The normalized spacial score (nSPS) is 47.0. The number of fused-ring (bicyclic) bond motifs is 5. The molecule has 1 N–H and O–H groups in total. The Morgan fingerprint density at radius 1 is 1.03 bits per heavy atom. The zero-order valence-corrected chi connectivity index (χ0v) is 23.1. The summed E-state index contributed by atoms with van der Waals surface area (Å²) in [6.45, 7) is 13.6. The van der Waals surface area contributed by atoms with Gasteiger partial charge < -0.3 is 14.6 Å². The van der Waals surface area contributed by atoms with E-state index in [0.29, 0.717) is 23.7 Å². The standard InChI is InChI=1S/C30H52O4/c1-19(2)9-8-10-20(3)24-11-12-25-23-17-27(33-7)30(32)18-22(34-21(4)31)13-16-29(30,6)26(23)14-15-28(24,25)5/h19-20,22-27,32H,8-18H2,1-7H3/t20-,22-,23-,24-,25+,26+,27-,28+,29-,30+/m1/s1. The van der Waals surface area contributed by atoms with Gasteiger partial charge in [-0.2, -0.15) is 0 Å². The van der Waals surface area contributed by atoms with Crippen LogP contribution in [0.5, 0.6) is 0 Å². The Bertz CT molecular complexity index is 735. The van der Waals surface area contributed by atoms with Gasteiger partial charge in [0.05, 0.1) is 11.7 Å². The fourth-order valence-corrected chi connectivity index (χ4v) is 9.87. The van der Waals surface area contributed by atoms with Crippen molar-refractivity contribution in [1.82, 2.24) is 0 Å². The van der Waals surface area contributed by atoms with Gasteiger partial charge in [-0.1, -0.05) is 53.9 Å². The summed E-state index contributed by atoms with van der Waals surface area (Å²) in [7, 11) is 1.77. The first kappa shape index (κ1) is 26.5. The maximum Gasteiger partial charge on any atom is 0.302 e. The zero-order chi connectivity index (χ0) is 24.9. The van der Waals surface area contributed by atoms with Gasteiger partial charge in [-0.25, -0.2) is 0 Å². The average molecular weight is 477 g/mol. The lowest BCUT2D eigenvalue weighted by Crippen LogP contribution is -2.69. The molecule has 0 bridgehead atoms. The van der Waals surface area contributed by atoms with Gasteiger partial charge in [-0.05, 0) is 85.9 Å². The SMILES string of the molecule is CO[C@@H]1C[C@@H]2[C@@H]3CC[C@H]([C@H](C)CCCC(C)C)[C@]3(C)CC[C@@H]2[C@@]2(C)CC[C@@H](OC(C)=O)C[C@]12O. The molecule has 0 radical (unpaired) electrons. The van der Waals surface area contributed by atoms with E-state index in [0.717, 1.165) is 42.9 Å². The molecule has 0 saturated heterocycles. The number of rotatable bonds is 7. The second-order valence-corrected chi connectivity index (χ2v) is 13.7. The molecular formula is C30H52O4. The first-order valence-corrected chi connectivity index (χ1v) is 14.4. The number of carbonyl (C=O) groups excluding carboxylic acids is 1. The fourth-order valence-electron chi connectivity index (χ4n) is 9.87. The molecule has 10 atom stereocenters. The highest BCUT2D eigenvalue weighted by Crippen LogP contribution is 2.69. The van der Waals surface area contributed by atoms with Crippen molar-refractivity contribution in [2.75, 3.05) is 7.11 Å². The lowest BCUT2D eigenvalue weighted by molar-refractivity contribution is -0.271. The molecule has 0 amide bonds. The fraction of sp³-hybridized carbons (Fsp3) is 0.967. The third-order valence-electron chi connectivity index (χ3n) is 11.6. The molecule has 4 rings (SSSR count). The highest BCUT2D eigenvalue weighted by molar-refractivity contribution is 5.66. The minimum absolute atomic E-state index is 0.171. The first-order chi connectivity index (χ1) is 16.0. The van der Waals surface area contributed by atoms with Gasteiger partial charge in [0.1, 0.15) is 6.10 Å². The Morgan fingerprint density at radius 3 is 2.41 bits per heavy atom. The van der Waals surface area contributed by atoms with E-state index in [1.165, 1.54) is 51.9 Å². The van der Waals surface area contributed by atoms with E-state index in [2.05, 4.69) is 34.6 Å². The average Bonchev–Trinajstić information content (AvgIpc) is 3.11. The molecule has 0 aliphatic heterocycles. The molecule has 0 aromatic heterocycles. The Morgan fingerprint density at radius 2 is 1.76 bits per heavy atom. The molecular weight excluding hydrogens is 424 g/mol. The summed E-state index contributed by atoms with van der Waals surface area (Å²) >= 11 is 0. The van der Waals surface area contributed by atoms with Crippen LogP contribution in [0.4, 0.5) is 0 Å². The number of hydrogen-bond acceptors (Lipinski definition) is 4. The van der Waals surface area contributed by atoms with Gasteiger partial charge in [0.15, 0.2) is 0 Å². The molecule has 4 nitrogen and oxygen atoms in total. The number of aliphatic hydroxyl groups is 1. The van der Waals surface area contributed by atoms with Crippen LogP contribution in [-0.2, 0) is 14.3 Å². The second kappa shape index (κ2) is 9.69. The molecule has 34 heavy (non-hydrogen) atoms. The van der Waals surface area contributed by atoms with E-state index in [1.54, 1.807) is 7.11 Å². The molecule has 4 saturated carbocycles. The van der Waals surface area contributed by atoms with Crippen LogP contribution in [0.1, 0.15) is 112 Å². The van der Waals surface area contributed by atoms with Crippen molar-refractivity contribution < 1.29 is 19.4 Å². The lowest BCUT2D eigenvalue weighted by Gasteiger charge is -2.66. The van der Waals surface area contributed by atoms with E-state index in [4.69, 9.17) is 9.47 Å². The Balaban J connectivity index is 1.54. The summed E-state index contributed by atoms with van der Waals surface area (Å²) in [6.07, 6.45) is 12.2. The Kier molecular flexibility index (Phi) is 7.54. The van der Waals surface area contributed by atoms with Gasteiger partial charge in [-0.3, -0.25) is 4.79 Å². The van der Waals surface area contributed by atoms with Crippen molar-refractivity contribution in [3.63, 3.8) is 0 Å². The second-order valence-electron chi connectivity index (χ2n) is 13.7. The van der Waals surface area contributed by atoms with E-state index >= 15 is 0 Å². The zero-order valence-electron chi connectivity index (χ0n) is 23.1. The van der Waals surface area contributed by atoms with E-state index < -0.39 is 5.60 Å². The summed E-state index contributed by atoms with van der Waals surface area (Å²) < 4.78 is 11.7. The van der Waals surface area contributed by atoms with Gasteiger partial charge in [-0.15, -0.1) is 0 Å². The van der Waals surface area contributed by atoms with Crippen LogP contribution in [0.15, 0.2) is 0 Å². The van der Waals surface area contributed by atoms with E-state index in [-0.39, 0.29) is 23.6 Å².